The lowest BCUT2D eigenvalue weighted by molar-refractivity contribution is -0.123. The number of hydrogen-bond acceptors (Lipinski definition) is 6. The monoisotopic (exact) mass is 397 g/mol. The second kappa shape index (κ2) is 9.85. The Balaban J connectivity index is 1.34. The predicted octanol–water partition coefficient (Wildman–Crippen LogP) is 3.90. The van der Waals surface area contributed by atoms with Crippen LogP contribution in [0.3, 0.4) is 0 Å². The first-order valence-corrected chi connectivity index (χ1v) is 9.99. The van der Waals surface area contributed by atoms with E-state index in [-0.39, 0.29) is 12.5 Å². The van der Waals surface area contributed by atoms with E-state index in [1.165, 1.54) is 5.56 Å². The SMILES string of the molecule is CC(C)c1ccc(OCC(=O)NCCOc2ccc(-c3cccs3)nn2)cc1. The van der Waals surface area contributed by atoms with Gasteiger partial charge in [-0.1, -0.05) is 32.0 Å². The number of aromatic nitrogens is 2. The first-order valence-electron chi connectivity index (χ1n) is 9.11. The highest BCUT2D eigenvalue weighted by Gasteiger charge is 2.05. The molecule has 28 heavy (non-hydrogen) atoms. The molecule has 6 nitrogen and oxygen atoms in total. The highest BCUT2D eigenvalue weighted by molar-refractivity contribution is 7.13. The van der Waals surface area contributed by atoms with Gasteiger partial charge in [-0.2, -0.15) is 0 Å². The number of nitrogens with one attached hydrogen (secondary N) is 1. The summed E-state index contributed by atoms with van der Waals surface area (Å²) in [5, 5.41) is 12.9. The Labute approximate surface area is 168 Å². The van der Waals surface area contributed by atoms with Crippen molar-refractivity contribution in [1.29, 1.82) is 0 Å². The fraction of sp³-hybridized carbons (Fsp3) is 0.286. The molecule has 0 fully saturated rings. The molecule has 0 aliphatic heterocycles. The van der Waals surface area contributed by atoms with E-state index in [0.29, 0.717) is 30.7 Å². The van der Waals surface area contributed by atoms with Gasteiger partial charge in [0.2, 0.25) is 5.88 Å². The molecule has 1 aromatic carbocycles. The molecule has 0 aliphatic carbocycles. The molecule has 2 aromatic heterocycles. The van der Waals surface area contributed by atoms with Gasteiger partial charge < -0.3 is 14.8 Å². The lowest BCUT2D eigenvalue weighted by Crippen LogP contribution is -2.32. The van der Waals surface area contributed by atoms with Crippen molar-refractivity contribution in [3.63, 3.8) is 0 Å². The third-order valence-electron chi connectivity index (χ3n) is 4.00. The molecule has 0 saturated heterocycles. The minimum Gasteiger partial charge on any atom is -0.484 e. The summed E-state index contributed by atoms with van der Waals surface area (Å²) in [6.07, 6.45) is 0. The van der Waals surface area contributed by atoms with Crippen LogP contribution in [0.15, 0.2) is 53.9 Å². The number of carbonyl (C=O) groups excluding carboxylic acids is 1. The zero-order chi connectivity index (χ0) is 19.8. The van der Waals surface area contributed by atoms with Crippen molar-refractivity contribution in [2.75, 3.05) is 19.8 Å². The molecule has 1 amide bonds. The molecule has 3 aromatic rings. The smallest absolute Gasteiger partial charge is 0.258 e. The van der Waals surface area contributed by atoms with Crippen molar-refractivity contribution >= 4 is 17.2 Å². The van der Waals surface area contributed by atoms with Gasteiger partial charge in [-0.25, -0.2) is 0 Å². The molecule has 0 spiro atoms. The molecule has 2 heterocycles. The Morgan fingerprint density at radius 2 is 1.89 bits per heavy atom. The number of benzene rings is 1. The van der Waals surface area contributed by atoms with E-state index in [2.05, 4.69) is 29.4 Å². The Morgan fingerprint density at radius 3 is 2.54 bits per heavy atom. The Kier molecular flexibility index (Phi) is 6.97. The largest absolute Gasteiger partial charge is 0.484 e. The maximum atomic E-state index is 11.9. The van der Waals surface area contributed by atoms with E-state index >= 15 is 0 Å². The molecule has 3 rings (SSSR count). The van der Waals surface area contributed by atoms with Gasteiger partial charge in [0.15, 0.2) is 6.61 Å². The molecule has 1 N–H and O–H groups in total. The molecule has 146 valence electrons. The predicted molar refractivity (Wildman–Crippen MR) is 110 cm³/mol. The van der Waals surface area contributed by atoms with Crippen molar-refractivity contribution in [1.82, 2.24) is 15.5 Å². The van der Waals surface area contributed by atoms with Crippen LogP contribution >= 0.6 is 11.3 Å². The topological polar surface area (TPSA) is 73.3 Å². The van der Waals surface area contributed by atoms with E-state index in [1.54, 1.807) is 17.4 Å². The first kappa shape index (κ1) is 19.8. The van der Waals surface area contributed by atoms with E-state index in [0.717, 1.165) is 10.6 Å². The van der Waals surface area contributed by atoms with E-state index in [9.17, 15) is 4.79 Å². The highest BCUT2D eigenvalue weighted by Crippen LogP contribution is 2.22. The Hall–Kier alpha value is -2.93. The second-order valence-electron chi connectivity index (χ2n) is 6.44. The van der Waals surface area contributed by atoms with Gasteiger partial charge in [-0.15, -0.1) is 21.5 Å². The Morgan fingerprint density at radius 1 is 1.07 bits per heavy atom. The lowest BCUT2D eigenvalue weighted by Gasteiger charge is -2.10. The summed E-state index contributed by atoms with van der Waals surface area (Å²) < 4.78 is 11.0. The maximum Gasteiger partial charge on any atom is 0.258 e. The minimum absolute atomic E-state index is 0.0314. The summed E-state index contributed by atoms with van der Waals surface area (Å²) in [6, 6.07) is 15.4. The van der Waals surface area contributed by atoms with E-state index in [1.807, 2.05) is 47.8 Å². The number of thiophene rings is 1. The van der Waals surface area contributed by atoms with Crippen molar-refractivity contribution < 1.29 is 14.3 Å². The van der Waals surface area contributed by atoms with Crippen molar-refractivity contribution in [2.24, 2.45) is 0 Å². The van der Waals surface area contributed by atoms with Gasteiger partial charge in [0, 0.05) is 6.07 Å². The van der Waals surface area contributed by atoms with E-state index in [4.69, 9.17) is 9.47 Å². The summed E-state index contributed by atoms with van der Waals surface area (Å²) in [5.41, 5.74) is 2.05. The summed E-state index contributed by atoms with van der Waals surface area (Å²) in [7, 11) is 0. The summed E-state index contributed by atoms with van der Waals surface area (Å²) in [5.74, 6) is 1.37. The summed E-state index contributed by atoms with van der Waals surface area (Å²) in [6.45, 7) is 4.91. The van der Waals surface area contributed by atoms with Gasteiger partial charge in [-0.05, 0) is 41.1 Å². The van der Waals surface area contributed by atoms with Gasteiger partial charge in [0.05, 0.1) is 11.4 Å². The highest BCUT2D eigenvalue weighted by atomic mass is 32.1. The third kappa shape index (κ3) is 5.79. The molecular weight excluding hydrogens is 374 g/mol. The van der Waals surface area contributed by atoms with Gasteiger partial charge >= 0.3 is 0 Å². The number of nitrogens with zero attached hydrogens (tertiary/aromatic N) is 2. The summed E-state index contributed by atoms with van der Waals surface area (Å²) in [4.78, 5) is 12.9. The maximum absolute atomic E-state index is 11.9. The van der Waals surface area contributed by atoms with Crippen LogP contribution < -0.4 is 14.8 Å². The number of hydrogen-bond donors (Lipinski definition) is 1. The van der Waals surface area contributed by atoms with Crippen LogP contribution in [0, 0.1) is 0 Å². The van der Waals surface area contributed by atoms with Crippen LogP contribution in [0.25, 0.3) is 10.6 Å². The van der Waals surface area contributed by atoms with Crippen molar-refractivity contribution in [3.8, 4) is 22.2 Å². The quantitative estimate of drug-likeness (QED) is 0.554. The first-order chi connectivity index (χ1) is 13.6. The van der Waals surface area contributed by atoms with Gasteiger partial charge in [0.25, 0.3) is 5.91 Å². The summed E-state index contributed by atoms with van der Waals surface area (Å²) >= 11 is 1.61. The normalized spacial score (nSPS) is 10.7. The van der Waals surface area contributed by atoms with Crippen LogP contribution in [0.2, 0.25) is 0 Å². The van der Waals surface area contributed by atoms with E-state index < -0.39 is 0 Å². The zero-order valence-electron chi connectivity index (χ0n) is 15.9. The standard InChI is InChI=1S/C21H23N3O3S/c1-15(2)16-5-7-17(8-6-16)27-14-20(25)22-11-12-26-21-10-9-18(23-24-21)19-4-3-13-28-19/h3-10,13,15H,11-12,14H2,1-2H3,(H,22,25). The molecule has 0 radical (unpaired) electrons. The molecule has 0 aliphatic rings. The molecule has 0 unspecified atom stereocenters. The van der Waals surface area contributed by atoms with Gasteiger partial charge in [-0.3, -0.25) is 4.79 Å². The average Bonchev–Trinajstić information content (AvgIpc) is 3.25. The number of amides is 1. The van der Waals surface area contributed by atoms with Crippen LogP contribution in [0.4, 0.5) is 0 Å². The lowest BCUT2D eigenvalue weighted by atomic mass is 10.0. The zero-order valence-corrected chi connectivity index (χ0v) is 16.7. The molecular formula is C21H23N3O3S. The number of ether oxygens (including phenoxy) is 2. The second-order valence-corrected chi connectivity index (χ2v) is 7.39. The Bertz CT molecular complexity index is 863. The molecule has 0 bridgehead atoms. The average molecular weight is 398 g/mol. The third-order valence-corrected chi connectivity index (χ3v) is 4.90. The minimum atomic E-state index is -0.198. The molecule has 0 atom stereocenters. The molecule has 0 saturated carbocycles. The van der Waals surface area contributed by atoms with Crippen molar-refractivity contribution in [3.05, 3.63) is 59.5 Å². The number of carbonyl (C=O) groups is 1. The molecule has 7 heteroatoms. The van der Waals surface area contributed by atoms with Crippen LogP contribution in [0.5, 0.6) is 11.6 Å². The fourth-order valence-electron chi connectivity index (χ4n) is 2.45. The van der Waals surface area contributed by atoms with Crippen LogP contribution in [-0.4, -0.2) is 35.9 Å². The van der Waals surface area contributed by atoms with Gasteiger partial charge in [0.1, 0.15) is 18.1 Å². The van der Waals surface area contributed by atoms with Crippen LogP contribution in [0.1, 0.15) is 25.3 Å². The number of rotatable bonds is 9. The van der Waals surface area contributed by atoms with Crippen LogP contribution in [-0.2, 0) is 4.79 Å². The fourth-order valence-corrected chi connectivity index (χ4v) is 3.14. The van der Waals surface area contributed by atoms with Crippen molar-refractivity contribution in [2.45, 2.75) is 19.8 Å².